The molecule has 2 aromatic heterocycles. The van der Waals surface area contributed by atoms with Gasteiger partial charge in [-0.05, 0) is 31.9 Å². The maximum Gasteiger partial charge on any atom is 0.272 e. The highest BCUT2D eigenvalue weighted by Gasteiger charge is 2.22. The number of hydrogen-bond acceptors (Lipinski definition) is 3. The summed E-state index contributed by atoms with van der Waals surface area (Å²) >= 11 is 0. The second-order valence-electron chi connectivity index (χ2n) is 4.75. The first-order chi connectivity index (χ1) is 9.63. The topological polar surface area (TPSA) is 57.8 Å². The molecule has 0 aliphatic heterocycles. The Kier molecular flexibility index (Phi) is 4.39. The Hall–Kier alpha value is -1.88. The fraction of sp³-hybridized carbons (Fsp3) is 0.467. The molecule has 0 atom stereocenters. The van der Waals surface area contributed by atoms with Crippen molar-refractivity contribution in [1.82, 2.24) is 14.3 Å². The van der Waals surface area contributed by atoms with E-state index in [0.29, 0.717) is 25.2 Å². The zero-order chi connectivity index (χ0) is 14.7. The highest BCUT2D eigenvalue weighted by atomic mass is 16.3. The van der Waals surface area contributed by atoms with Gasteiger partial charge in [-0.15, -0.1) is 0 Å². The minimum absolute atomic E-state index is 0.0309. The number of aliphatic hydroxyl groups is 1. The number of aliphatic hydroxyl groups excluding tert-OH is 1. The molecule has 20 heavy (non-hydrogen) atoms. The molecule has 5 nitrogen and oxygen atoms in total. The number of rotatable bonds is 5. The number of amides is 1. The molecule has 0 aromatic carbocycles. The summed E-state index contributed by atoms with van der Waals surface area (Å²) in [5.41, 5.74) is 3.29. The standard InChI is InChI=1S/C15H21N3O2/c1-4-12-13(15(20)17(5-2)9-10-19)18-8-6-7-11(3)14(18)16-12/h6-8,19H,4-5,9-10H2,1-3H3. The van der Waals surface area contributed by atoms with E-state index < -0.39 is 0 Å². The highest BCUT2D eigenvalue weighted by Crippen LogP contribution is 2.18. The molecule has 2 aromatic rings. The van der Waals surface area contributed by atoms with Crippen LogP contribution in [0.5, 0.6) is 0 Å². The quantitative estimate of drug-likeness (QED) is 0.903. The van der Waals surface area contributed by atoms with Crippen molar-refractivity contribution in [3.8, 4) is 0 Å². The van der Waals surface area contributed by atoms with Crippen LogP contribution in [0, 0.1) is 6.92 Å². The molecule has 108 valence electrons. The molecule has 0 saturated carbocycles. The third kappa shape index (κ3) is 2.41. The monoisotopic (exact) mass is 275 g/mol. The van der Waals surface area contributed by atoms with Crippen LogP contribution in [0.25, 0.3) is 5.65 Å². The molecule has 0 radical (unpaired) electrons. The van der Waals surface area contributed by atoms with E-state index in [2.05, 4.69) is 4.98 Å². The van der Waals surface area contributed by atoms with Crippen molar-refractivity contribution in [3.05, 3.63) is 35.3 Å². The molecule has 1 N–H and O–H groups in total. The number of likely N-dealkylation sites (N-methyl/N-ethyl adjacent to an activating group) is 1. The molecule has 0 spiro atoms. The van der Waals surface area contributed by atoms with Crippen LogP contribution in [0.4, 0.5) is 0 Å². The second kappa shape index (κ2) is 6.05. The zero-order valence-corrected chi connectivity index (χ0v) is 12.3. The van der Waals surface area contributed by atoms with Crippen molar-refractivity contribution in [3.63, 3.8) is 0 Å². The summed E-state index contributed by atoms with van der Waals surface area (Å²) in [5.74, 6) is -0.0727. The van der Waals surface area contributed by atoms with Crippen LogP contribution < -0.4 is 0 Å². The predicted molar refractivity (Wildman–Crippen MR) is 78.0 cm³/mol. The Bertz CT molecular complexity index is 619. The Balaban J connectivity index is 2.57. The van der Waals surface area contributed by atoms with Gasteiger partial charge in [-0.25, -0.2) is 4.98 Å². The summed E-state index contributed by atoms with van der Waals surface area (Å²) in [6, 6.07) is 3.91. The largest absolute Gasteiger partial charge is 0.395 e. The summed E-state index contributed by atoms with van der Waals surface area (Å²) in [5, 5.41) is 9.08. The number of carbonyl (C=O) groups is 1. The Labute approximate surface area is 118 Å². The van der Waals surface area contributed by atoms with Gasteiger partial charge in [-0.3, -0.25) is 9.20 Å². The van der Waals surface area contributed by atoms with Crippen LogP contribution in [-0.4, -0.2) is 45.0 Å². The van der Waals surface area contributed by atoms with Gasteiger partial charge >= 0.3 is 0 Å². The molecule has 2 rings (SSSR count). The fourth-order valence-corrected chi connectivity index (χ4v) is 2.40. The number of pyridine rings is 1. The number of carbonyl (C=O) groups excluding carboxylic acids is 1. The van der Waals surface area contributed by atoms with E-state index in [1.807, 2.05) is 43.5 Å². The van der Waals surface area contributed by atoms with Crippen LogP contribution in [0.2, 0.25) is 0 Å². The third-order valence-electron chi connectivity index (χ3n) is 3.49. The number of imidazole rings is 1. The van der Waals surface area contributed by atoms with Gasteiger partial charge in [0.1, 0.15) is 11.3 Å². The molecule has 0 fully saturated rings. The van der Waals surface area contributed by atoms with E-state index in [1.54, 1.807) is 4.90 Å². The van der Waals surface area contributed by atoms with Gasteiger partial charge in [0.05, 0.1) is 12.3 Å². The first kappa shape index (κ1) is 14.5. The first-order valence-electron chi connectivity index (χ1n) is 7.00. The van der Waals surface area contributed by atoms with Gasteiger partial charge in [0.2, 0.25) is 0 Å². The molecule has 2 heterocycles. The van der Waals surface area contributed by atoms with E-state index in [1.165, 1.54) is 0 Å². The number of nitrogens with zero attached hydrogens (tertiary/aromatic N) is 3. The van der Waals surface area contributed by atoms with Crippen LogP contribution in [0.1, 0.15) is 35.6 Å². The summed E-state index contributed by atoms with van der Waals surface area (Å²) in [4.78, 5) is 18.9. The van der Waals surface area contributed by atoms with Crippen LogP contribution >= 0.6 is 0 Å². The third-order valence-corrected chi connectivity index (χ3v) is 3.49. The van der Waals surface area contributed by atoms with Gasteiger partial charge in [0.15, 0.2) is 0 Å². The van der Waals surface area contributed by atoms with Crippen LogP contribution in [0.15, 0.2) is 18.3 Å². The van der Waals surface area contributed by atoms with Crippen LogP contribution in [0.3, 0.4) is 0 Å². The minimum atomic E-state index is -0.0727. The molecule has 1 amide bonds. The first-order valence-corrected chi connectivity index (χ1v) is 7.00. The Morgan fingerprint density at radius 3 is 2.80 bits per heavy atom. The van der Waals surface area contributed by atoms with Gasteiger partial charge in [-0.1, -0.05) is 13.0 Å². The second-order valence-corrected chi connectivity index (χ2v) is 4.75. The average molecular weight is 275 g/mol. The van der Waals surface area contributed by atoms with Crippen molar-refractivity contribution >= 4 is 11.6 Å². The Morgan fingerprint density at radius 1 is 1.45 bits per heavy atom. The lowest BCUT2D eigenvalue weighted by Gasteiger charge is -2.20. The molecule has 0 saturated heterocycles. The molecule has 5 heteroatoms. The molecule has 0 unspecified atom stereocenters. The summed E-state index contributed by atoms with van der Waals surface area (Å²) < 4.78 is 1.86. The predicted octanol–water partition coefficient (Wildman–Crippen LogP) is 1.66. The molecule has 0 aliphatic rings. The SMILES string of the molecule is CCc1nc2c(C)cccn2c1C(=O)N(CC)CCO. The van der Waals surface area contributed by atoms with Gasteiger partial charge in [0.25, 0.3) is 5.91 Å². The molecular weight excluding hydrogens is 254 g/mol. The fourth-order valence-electron chi connectivity index (χ4n) is 2.40. The van der Waals surface area contributed by atoms with Gasteiger partial charge in [0, 0.05) is 19.3 Å². The number of hydrogen-bond donors (Lipinski definition) is 1. The van der Waals surface area contributed by atoms with Crippen LogP contribution in [-0.2, 0) is 6.42 Å². The Morgan fingerprint density at radius 2 is 2.20 bits per heavy atom. The molecule has 0 bridgehead atoms. The van der Waals surface area contributed by atoms with Crippen molar-refractivity contribution in [1.29, 1.82) is 0 Å². The zero-order valence-electron chi connectivity index (χ0n) is 12.3. The van der Waals surface area contributed by atoms with E-state index in [4.69, 9.17) is 5.11 Å². The molecule has 0 aliphatic carbocycles. The lowest BCUT2D eigenvalue weighted by atomic mass is 10.2. The smallest absolute Gasteiger partial charge is 0.272 e. The van der Waals surface area contributed by atoms with Gasteiger partial charge < -0.3 is 10.0 Å². The van der Waals surface area contributed by atoms with E-state index in [0.717, 1.165) is 16.9 Å². The maximum absolute atomic E-state index is 12.7. The maximum atomic E-state index is 12.7. The lowest BCUT2D eigenvalue weighted by molar-refractivity contribution is 0.0724. The normalized spacial score (nSPS) is 11.0. The lowest BCUT2D eigenvalue weighted by Crippen LogP contribution is -2.34. The summed E-state index contributed by atoms with van der Waals surface area (Å²) in [6.07, 6.45) is 2.58. The summed E-state index contributed by atoms with van der Waals surface area (Å²) in [6.45, 7) is 6.78. The number of fused-ring (bicyclic) bond motifs is 1. The van der Waals surface area contributed by atoms with Crippen molar-refractivity contribution < 1.29 is 9.90 Å². The summed E-state index contributed by atoms with van der Waals surface area (Å²) in [7, 11) is 0. The average Bonchev–Trinajstić information content (AvgIpc) is 2.84. The van der Waals surface area contributed by atoms with E-state index in [9.17, 15) is 4.79 Å². The van der Waals surface area contributed by atoms with E-state index >= 15 is 0 Å². The highest BCUT2D eigenvalue weighted by molar-refractivity contribution is 5.95. The van der Waals surface area contributed by atoms with Crippen molar-refractivity contribution in [2.45, 2.75) is 27.2 Å². The van der Waals surface area contributed by atoms with Crippen molar-refractivity contribution in [2.75, 3.05) is 19.7 Å². The minimum Gasteiger partial charge on any atom is -0.395 e. The van der Waals surface area contributed by atoms with Crippen molar-refractivity contribution in [2.24, 2.45) is 0 Å². The van der Waals surface area contributed by atoms with E-state index in [-0.39, 0.29) is 12.5 Å². The number of aromatic nitrogens is 2. The number of aryl methyl sites for hydroxylation is 2. The van der Waals surface area contributed by atoms with Gasteiger partial charge in [-0.2, -0.15) is 0 Å². The molecular formula is C15H21N3O2.